The van der Waals surface area contributed by atoms with E-state index in [0.29, 0.717) is 15.7 Å². The predicted octanol–water partition coefficient (Wildman–Crippen LogP) is 5.61. The monoisotopic (exact) mass is 297 g/mol. The average molecular weight is 298 g/mol. The van der Waals surface area contributed by atoms with Gasteiger partial charge in [0.25, 0.3) is 0 Å². The van der Waals surface area contributed by atoms with Gasteiger partial charge in [-0.2, -0.15) is 0 Å². The second-order valence-electron chi connectivity index (χ2n) is 4.44. The van der Waals surface area contributed by atoms with Gasteiger partial charge in [-0.05, 0) is 37.1 Å². The standard InChI is InChI=1S/C15H14Cl2FN/c1-9-5-3-8-13(18)15(9)19-10(2)11-6-4-7-12(16)14(11)17/h3-8,10,19H,1-2H3. The smallest absolute Gasteiger partial charge is 0.146 e. The summed E-state index contributed by atoms with van der Waals surface area (Å²) in [6, 6.07) is 10.3. The second-order valence-corrected chi connectivity index (χ2v) is 5.23. The summed E-state index contributed by atoms with van der Waals surface area (Å²) >= 11 is 12.2. The largest absolute Gasteiger partial charge is 0.376 e. The average Bonchev–Trinajstić information content (AvgIpc) is 2.37. The third-order valence-electron chi connectivity index (χ3n) is 3.03. The maximum atomic E-state index is 13.8. The quantitative estimate of drug-likeness (QED) is 0.776. The van der Waals surface area contributed by atoms with E-state index in [1.54, 1.807) is 12.1 Å². The first-order valence-electron chi connectivity index (χ1n) is 5.96. The van der Waals surface area contributed by atoms with Gasteiger partial charge in [0.1, 0.15) is 5.82 Å². The first kappa shape index (κ1) is 14.2. The zero-order chi connectivity index (χ0) is 14.0. The van der Waals surface area contributed by atoms with E-state index in [0.717, 1.165) is 11.1 Å². The highest BCUT2D eigenvalue weighted by molar-refractivity contribution is 6.42. The van der Waals surface area contributed by atoms with Crippen molar-refractivity contribution in [2.75, 3.05) is 5.32 Å². The summed E-state index contributed by atoms with van der Waals surface area (Å²) < 4.78 is 13.8. The van der Waals surface area contributed by atoms with Crippen molar-refractivity contribution < 1.29 is 4.39 Å². The van der Waals surface area contributed by atoms with Gasteiger partial charge in [-0.25, -0.2) is 4.39 Å². The summed E-state index contributed by atoms with van der Waals surface area (Å²) in [4.78, 5) is 0. The summed E-state index contributed by atoms with van der Waals surface area (Å²) in [5, 5.41) is 4.14. The molecule has 19 heavy (non-hydrogen) atoms. The molecule has 0 spiro atoms. The molecule has 0 fully saturated rings. The van der Waals surface area contributed by atoms with Crippen LogP contribution in [0.2, 0.25) is 10.0 Å². The molecule has 1 nitrogen and oxygen atoms in total. The molecule has 1 N–H and O–H groups in total. The number of rotatable bonds is 3. The van der Waals surface area contributed by atoms with Crippen LogP contribution in [0.25, 0.3) is 0 Å². The van der Waals surface area contributed by atoms with Crippen LogP contribution in [0.1, 0.15) is 24.1 Å². The molecule has 2 rings (SSSR count). The molecule has 0 radical (unpaired) electrons. The van der Waals surface area contributed by atoms with Gasteiger partial charge in [0.15, 0.2) is 0 Å². The van der Waals surface area contributed by atoms with Crippen molar-refractivity contribution in [2.45, 2.75) is 19.9 Å². The SMILES string of the molecule is Cc1cccc(F)c1NC(C)c1cccc(Cl)c1Cl. The minimum Gasteiger partial charge on any atom is -0.376 e. The van der Waals surface area contributed by atoms with E-state index in [1.165, 1.54) is 6.07 Å². The van der Waals surface area contributed by atoms with Crippen LogP contribution >= 0.6 is 23.2 Å². The van der Waals surface area contributed by atoms with Gasteiger partial charge in [0, 0.05) is 0 Å². The van der Waals surface area contributed by atoms with Crippen molar-refractivity contribution in [3.05, 3.63) is 63.4 Å². The van der Waals surface area contributed by atoms with Gasteiger partial charge in [-0.1, -0.05) is 47.5 Å². The predicted molar refractivity (Wildman–Crippen MR) is 79.6 cm³/mol. The lowest BCUT2D eigenvalue weighted by Crippen LogP contribution is -2.09. The molecule has 4 heteroatoms. The van der Waals surface area contributed by atoms with Crippen molar-refractivity contribution in [3.63, 3.8) is 0 Å². The lowest BCUT2D eigenvalue weighted by molar-refractivity contribution is 0.626. The highest BCUT2D eigenvalue weighted by Gasteiger charge is 2.14. The van der Waals surface area contributed by atoms with Crippen molar-refractivity contribution in [2.24, 2.45) is 0 Å². The molecule has 1 atom stereocenters. The van der Waals surface area contributed by atoms with Crippen LogP contribution in [-0.2, 0) is 0 Å². The molecule has 0 heterocycles. The van der Waals surface area contributed by atoms with E-state index in [9.17, 15) is 4.39 Å². The van der Waals surface area contributed by atoms with Gasteiger partial charge in [-0.15, -0.1) is 0 Å². The molecule has 0 amide bonds. The van der Waals surface area contributed by atoms with Crippen LogP contribution < -0.4 is 5.32 Å². The van der Waals surface area contributed by atoms with E-state index in [4.69, 9.17) is 23.2 Å². The zero-order valence-corrected chi connectivity index (χ0v) is 12.2. The molecule has 100 valence electrons. The maximum absolute atomic E-state index is 13.8. The van der Waals surface area contributed by atoms with Crippen molar-refractivity contribution in [3.8, 4) is 0 Å². The second kappa shape index (κ2) is 5.81. The molecule has 0 saturated carbocycles. The number of anilines is 1. The first-order valence-corrected chi connectivity index (χ1v) is 6.72. The molecular weight excluding hydrogens is 284 g/mol. The number of hydrogen-bond donors (Lipinski definition) is 1. The first-order chi connectivity index (χ1) is 9.00. The topological polar surface area (TPSA) is 12.0 Å². The molecule has 0 aliphatic rings. The Morgan fingerprint density at radius 3 is 2.47 bits per heavy atom. The summed E-state index contributed by atoms with van der Waals surface area (Å²) in [6.45, 7) is 3.78. The summed E-state index contributed by atoms with van der Waals surface area (Å²) in [7, 11) is 0. The minimum absolute atomic E-state index is 0.137. The highest BCUT2D eigenvalue weighted by Crippen LogP contribution is 2.32. The van der Waals surface area contributed by atoms with Crippen LogP contribution in [0, 0.1) is 12.7 Å². The summed E-state index contributed by atoms with van der Waals surface area (Å²) in [5.74, 6) is -0.273. The fourth-order valence-corrected chi connectivity index (χ4v) is 2.44. The van der Waals surface area contributed by atoms with Crippen molar-refractivity contribution >= 4 is 28.9 Å². The number of benzene rings is 2. The molecule has 0 saturated heterocycles. The van der Waals surface area contributed by atoms with Gasteiger partial charge in [0.2, 0.25) is 0 Å². The van der Waals surface area contributed by atoms with E-state index < -0.39 is 0 Å². The van der Waals surface area contributed by atoms with E-state index in [2.05, 4.69) is 5.32 Å². The molecule has 0 bridgehead atoms. The molecule has 0 aromatic heterocycles. The van der Waals surface area contributed by atoms with Crippen LogP contribution in [0.4, 0.5) is 10.1 Å². The van der Waals surface area contributed by atoms with E-state index in [1.807, 2.05) is 32.0 Å². The molecule has 2 aromatic rings. The fraction of sp³-hybridized carbons (Fsp3) is 0.200. The van der Waals surface area contributed by atoms with Gasteiger partial charge in [-0.3, -0.25) is 0 Å². The Balaban J connectivity index is 2.31. The maximum Gasteiger partial charge on any atom is 0.146 e. The molecular formula is C15H14Cl2FN. The third kappa shape index (κ3) is 3.02. The number of nitrogens with one attached hydrogen (secondary N) is 1. The van der Waals surface area contributed by atoms with Crippen molar-refractivity contribution in [1.29, 1.82) is 0 Å². The van der Waals surface area contributed by atoms with Gasteiger partial charge < -0.3 is 5.32 Å². The number of para-hydroxylation sites is 1. The molecule has 2 aromatic carbocycles. The molecule has 0 aliphatic carbocycles. The van der Waals surface area contributed by atoms with E-state index in [-0.39, 0.29) is 11.9 Å². The van der Waals surface area contributed by atoms with Gasteiger partial charge in [0.05, 0.1) is 21.8 Å². The highest BCUT2D eigenvalue weighted by atomic mass is 35.5. The fourth-order valence-electron chi connectivity index (χ4n) is 1.96. The minimum atomic E-state index is -0.273. The Hall–Kier alpha value is -1.25. The Labute approximate surface area is 122 Å². The zero-order valence-electron chi connectivity index (χ0n) is 10.7. The third-order valence-corrected chi connectivity index (χ3v) is 3.86. The Bertz CT molecular complexity index is 578. The molecule has 1 unspecified atom stereocenters. The van der Waals surface area contributed by atoms with Crippen LogP contribution in [0.15, 0.2) is 36.4 Å². The normalized spacial score (nSPS) is 12.3. The van der Waals surface area contributed by atoms with Gasteiger partial charge >= 0.3 is 0 Å². The lowest BCUT2D eigenvalue weighted by atomic mass is 10.1. The van der Waals surface area contributed by atoms with Crippen LogP contribution in [0.5, 0.6) is 0 Å². The number of hydrogen-bond acceptors (Lipinski definition) is 1. The summed E-state index contributed by atoms with van der Waals surface area (Å²) in [5.41, 5.74) is 2.19. The Morgan fingerprint density at radius 1 is 1.11 bits per heavy atom. The van der Waals surface area contributed by atoms with E-state index >= 15 is 0 Å². The Kier molecular flexibility index (Phi) is 4.33. The van der Waals surface area contributed by atoms with Crippen LogP contribution in [0.3, 0.4) is 0 Å². The lowest BCUT2D eigenvalue weighted by Gasteiger charge is -2.19. The van der Waals surface area contributed by atoms with Crippen LogP contribution in [-0.4, -0.2) is 0 Å². The molecule has 0 aliphatic heterocycles. The number of halogens is 3. The summed E-state index contributed by atoms with van der Waals surface area (Å²) in [6.07, 6.45) is 0. The number of aryl methyl sites for hydroxylation is 1. The Morgan fingerprint density at radius 2 is 1.79 bits per heavy atom. The van der Waals surface area contributed by atoms with Crippen molar-refractivity contribution in [1.82, 2.24) is 0 Å².